The van der Waals surface area contributed by atoms with Crippen LogP contribution in [0, 0.1) is 0 Å². The minimum Gasteiger partial charge on any atom is -0.461 e. The Labute approximate surface area is 239 Å². The van der Waals surface area contributed by atoms with Crippen molar-refractivity contribution in [3.8, 4) is 6.01 Å². The average Bonchev–Trinajstić information content (AvgIpc) is 3.65. The van der Waals surface area contributed by atoms with E-state index in [-0.39, 0.29) is 5.54 Å². The molecule has 6 heterocycles. The highest BCUT2D eigenvalue weighted by molar-refractivity contribution is 9.10. The number of hydrogen-bond acceptors (Lipinski definition) is 7. The second kappa shape index (κ2) is 9.60. The van der Waals surface area contributed by atoms with Crippen LogP contribution < -0.4 is 19.9 Å². The first-order valence-electron chi connectivity index (χ1n) is 14.9. The molecule has 0 aliphatic carbocycles. The third-order valence-electron chi connectivity index (χ3n) is 10.0. The van der Waals surface area contributed by atoms with E-state index in [1.807, 2.05) is 0 Å². The molecule has 2 atom stereocenters. The zero-order valence-corrected chi connectivity index (χ0v) is 24.1. The Balaban J connectivity index is 1.14. The van der Waals surface area contributed by atoms with Crippen molar-refractivity contribution in [1.29, 1.82) is 0 Å². The molecule has 2 bridgehead atoms. The summed E-state index contributed by atoms with van der Waals surface area (Å²) < 4.78 is 7.70. The van der Waals surface area contributed by atoms with Crippen LogP contribution in [-0.4, -0.2) is 71.8 Å². The largest absolute Gasteiger partial charge is 0.461 e. The third-order valence-corrected chi connectivity index (χ3v) is 10.7. The highest BCUT2D eigenvalue weighted by Gasteiger charge is 2.45. The second-order valence-electron chi connectivity index (χ2n) is 12.3. The average molecular weight is 590 g/mol. The Morgan fingerprint density at radius 3 is 2.49 bits per heavy atom. The van der Waals surface area contributed by atoms with E-state index < -0.39 is 0 Å². The summed E-state index contributed by atoms with van der Waals surface area (Å²) in [7, 11) is 0. The molecule has 1 aromatic heterocycles. The van der Waals surface area contributed by atoms with E-state index in [9.17, 15) is 0 Å². The molecule has 204 valence electrons. The summed E-state index contributed by atoms with van der Waals surface area (Å²) in [6.07, 6.45) is 8.50. The summed E-state index contributed by atoms with van der Waals surface area (Å²) in [5.74, 6) is 1.13. The van der Waals surface area contributed by atoms with Gasteiger partial charge in [0.2, 0.25) is 0 Å². The number of anilines is 2. The van der Waals surface area contributed by atoms with Crippen molar-refractivity contribution in [1.82, 2.24) is 20.2 Å². The molecule has 1 N–H and O–H groups in total. The molecule has 7 nitrogen and oxygen atoms in total. The molecule has 39 heavy (non-hydrogen) atoms. The maximum Gasteiger partial charge on any atom is 0.318 e. The van der Waals surface area contributed by atoms with Gasteiger partial charge in [0, 0.05) is 52.8 Å². The van der Waals surface area contributed by atoms with Crippen LogP contribution >= 0.6 is 15.9 Å². The molecule has 5 aliphatic rings. The van der Waals surface area contributed by atoms with Crippen LogP contribution in [0.15, 0.2) is 40.9 Å². The van der Waals surface area contributed by atoms with Crippen LogP contribution in [0.2, 0.25) is 0 Å². The first-order chi connectivity index (χ1) is 19.1. The lowest BCUT2D eigenvalue weighted by Gasteiger charge is -2.38. The van der Waals surface area contributed by atoms with Crippen molar-refractivity contribution >= 4 is 38.2 Å². The number of rotatable bonds is 5. The van der Waals surface area contributed by atoms with Crippen molar-refractivity contribution in [2.75, 3.05) is 49.1 Å². The summed E-state index contributed by atoms with van der Waals surface area (Å²) in [4.78, 5) is 18.0. The van der Waals surface area contributed by atoms with E-state index in [4.69, 9.17) is 14.7 Å². The predicted octanol–water partition coefficient (Wildman–Crippen LogP) is 4.90. The molecule has 8 rings (SSSR count). The Kier molecular flexibility index (Phi) is 6.00. The molecule has 0 spiro atoms. The number of aromatic nitrogens is 2. The van der Waals surface area contributed by atoms with Crippen LogP contribution in [-0.2, 0) is 13.0 Å². The molecule has 4 saturated heterocycles. The van der Waals surface area contributed by atoms with Gasteiger partial charge in [-0.1, -0.05) is 40.2 Å². The number of nitrogens with one attached hydrogen (secondary N) is 1. The summed E-state index contributed by atoms with van der Waals surface area (Å²) in [6.45, 7) is 6.92. The van der Waals surface area contributed by atoms with Crippen LogP contribution in [0.3, 0.4) is 0 Å². The lowest BCUT2D eigenvalue weighted by molar-refractivity contribution is 0.107. The van der Waals surface area contributed by atoms with Crippen molar-refractivity contribution in [3.63, 3.8) is 0 Å². The molecule has 5 aliphatic heterocycles. The van der Waals surface area contributed by atoms with Crippen LogP contribution in [0.4, 0.5) is 11.5 Å². The van der Waals surface area contributed by atoms with Gasteiger partial charge in [0.25, 0.3) is 0 Å². The Hall–Kier alpha value is -2.42. The highest BCUT2D eigenvalue weighted by atomic mass is 79.9. The van der Waals surface area contributed by atoms with Crippen LogP contribution in [0.25, 0.3) is 10.8 Å². The van der Waals surface area contributed by atoms with Gasteiger partial charge in [-0.3, -0.25) is 4.90 Å². The number of piperazine rings is 1. The predicted molar refractivity (Wildman–Crippen MR) is 159 cm³/mol. The highest BCUT2D eigenvalue weighted by Crippen LogP contribution is 2.40. The molecular weight excluding hydrogens is 552 g/mol. The Morgan fingerprint density at radius 2 is 1.69 bits per heavy atom. The number of fused-ring (bicyclic) bond motifs is 5. The fourth-order valence-corrected chi connectivity index (χ4v) is 8.55. The molecule has 0 saturated carbocycles. The van der Waals surface area contributed by atoms with Gasteiger partial charge in [0.15, 0.2) is 0 Å². The van der Waals surface area contributed by atoms with E-state index in [0.29, 0.717) is 24.7 Å². The van der Waals surface area contributed by atoms with Crippen molar-refractivity contribution < 1.29 is 4.74 Å². The van der Waals surface area contributed by atoms with Gasteiger partial charge in [0.1, 0.15) is 12.4 Å². The number of halogens is 1. The Bertz CT molecular complexity index is 1390. The summed E-state index contributed by atoms with van der Waals surface area (Å²) >= 11 is 3.75. The number of benzene rings is 2. The van der Waals surface area contributed by atoms with E-state index in [0.717, 1.165) is 48.6 Å². The van der Waals surface area contributed by atoms with Gasteiger partial charge >= 0.3 is 6.01 Å². The Morgan fingerprint density at radius 1 is 0.923 bits per heavy atom. The van der Waals surface area contributed by atoms with E-state index in [1.54, 1.807) is 0 Å². The lowest BCUT2D eigenvalue weighted by atomic mass is 9.95. The van der Waals surface area contributed by atoms with Crippen molar-refractivity contribution in [3.05, 3.63) is 52.1 Å². The van der Waals surface area contributed by atoms with Crippen LogP contribution in [0.5, 0.6) is 6.01 Å². The first-order valence-corrected chi connectivity index (χ1v) is 15.7. The number of ether oxygens (including phenoxy) is 1. The molecule has 3 aromatic rings. The maximum absolute atomic E-state index is 6.56. The van der Waals surface area contributed by atoms with Crippen LogP contribution in [0.1, 0.15) is 49.8 Å². The molecule has 0 amide bonds. The topological polar surface area (TPSA) is 56.8 Å². The summed E-state index contributed by atoms with van der Waals surface area (Å²) in [5, 5.41) is 6.32. The van der Waals surface area contributed by atoms with E-state index >= 15 is 0 Å². The SMILES string of the molecule is Brc1ccc(N2CCc3c(nc(OCC45CCCN4CCC5)nc3N3C[C@H]4CC[C@@H](C3)N4)C2)c2ccccc12. The zero-order chi connectivity index (χ0) is 26.0. The molecule has 4 fully saturated rings. The quantitative estimate of drug-likeness (QED) is 0.455. The smallest absolute Gasteiger partial charge is 0.318 e. The van der Waals surface area contributed by atoms with Gasteiger partial charge < -0.3 is 19.9 Å². The minimum atomic E-state index is 0.190. The van der Waals surface area contributed by atoms with Gasteiger partial charge in [-0.15, -0.1) is 0 Å². The standard InChI is InChI=1S/C31H37BrN6O/c32-26-9-10-28(24-6-2-1-5-23(24)26)36-16-11-25-27(19-36)34-30(39-20-31-12-3-14-38(31)15-4-13-31)35-29(25)37-17-21-7-8-22(18-37)33-21/h1-2,5-6,9-10,21-22,33H,3-4,7-8,11-20H2/t21-,22+. The molecular formula is C31H37BrN6O. The number of nitrogens with zero attached hydrogens (tertiary/aromatic N) is 5. The normalized spacial score (nSPS) is 25.8. The van der Waals surface area contributed by atoms with Crippen molar-refractivity contribution in [2.45, 2.75) is 69.1 Å². The van der Waals surface area contributed by atoms with Gasteiger partial charge in [-0.25, -0.2) is 0 Å². The molecule has 0 unspecified atom stereocenters. The molecule has 8 heteroatoms. The van der Waals surface area contributed by atoms with E-state index in [2.05, 4.69) is 72.3 Å². The fraction of sp³-hybridized carbons (Fsp3) is 0.548. The first kappa shape index (κ1) is 24.4. The maximum atomic E-state index is 6.56. The fourth-order valence-electron chi connectivity index (χ4n) is 8.07. The minimum absolute atomic E-state index is 0.190. The van der Waals surface area contributed by atoms with E-state index in [1.165, 1.54) is 73.6 Å². The molecule has 2 aromatic carbocycles. The number of hydrogen-bond donors (Lipinski definition) is 1. The third kappa shape index (κ3) is 4.21. The zero-order valence-electron chi connectivity index (χ0n) is 22.5. The van der Waals surface area contributed by atoms with Crippen molar-refractivity contribution in [2.24, 2.45) is 0 Å². The molecule has 0 radical (unpaired) electrons. The lowest BCUT2D eigenvalue weighted by Crippen LogP contribution is -2.52. The summed E-state index contributed by atoms with van der Waals surface area (Å²) in [6, 6.07) is 14.8. The van der Waals surface area contributed by atoms with Gasteiger partial charge in [0.05, 0.1) is 17.8 Å². The monoisotopic (exact) mass is 588 g/mol. The second-order valence-corrected chi connectivity index (χ2v) is 13.1. The van der Waals surface area contributed by atoms with Gasteiger partial charge in [-0.05, 0) is 75.6 Å². The summed E-state index contributed by atoms with van der Waals surface area (Å²) in [5.41, 5.74) is 3.92. The van der Waals surface area contributed by atoms with Gasteiger partial charge in [-0.2, -0.15) is 9.97 Å².